The largest absolute Gasteiger partial charge is 0.392 e. The molecule has 2 atom stereocenters. The number of aliphatic hydroxyl groups is 1. The lowest BCUT2D eigenvalue weighted by Crippen LogP contribution is -2.41. The van der Waals surface area contributed by atoms with Gasteiger partial charge in [-0.15, -0.1) is 0 Å². The second kappa shape index (κ2) is 5.67. The Morgan fingerprint density at radius 3 is 2.88 bits per heavy atom. The molecule has 2 nitrogen and oxygen atoms in total. The molecule has 88 valence electrons. The molecule has 0 aromatic heterocycles. The Labute approximate surface area is 102 Å². The number of hydrogen-bond acceptors (Lipinski definition) is 2. The molecule has 0 spiro atoms. The highest BCUT2D eigenvalue weighted by Crippen LogP contribution is 2.19. The van der Waals surface area contributed by atoms with Crippen molar-refractivity contribution in [1.82, 2.24) is 5.32 Å². The van der Waals surface area contributed by atoms with E-state index in [-0.39, 0.29) is 12.1 Å². The third-order valence-corrected chi connectivity index (χ3v) is 3.42. The van der Waals surface area contributed by atoms with Gasteiger partial charge in [-0.3, -0.25) is 0 Å². The highest BCUT2D eigenvalue weighted by molar-refractivity contribution is 6.30. The second-order valence-corrected chi connectivity index (χ2v) is 4.91. The van der Waals surface area contributed by atoms with Gasteiger partial charge >= 0.3 is 0 Å². The molecule has 2 N–H and O–H groups in total. The average Bonchev–Trinajstić information content (AvgIpc) is 2.28. The molecule has 3 heteroatoms. The minimum Gasteiger partial charge on any atom is -0.392 e. The topological polar surface area (TPSA) is 32.3 Å². The molecule has 0 aliphatic heterocycles. The molecule has 0 heterocycles. The van der Waals surface area contributed by atoms with E-state index in [1.165, 1.54) is 12.0 Å². The third kappa shape index (κ3) is 3.21. The Morgan fingerprint density at radius 1 is 1.31 bits per heavy atom. The second-order valence-electron chi connectivity index (χ2n) is 4.47. The first kappa shape index (κ1) is 11.9. The minimum absolute atomic E-state index is 0.187. The number of rotatable bonds is 3. The number of halogens is 1. The van der Waals surface area contributed by atoms with E-state index in [9.17, 15) is 5.11 Å². The van der Waals surface area contributed by atoms with E-state index in [1.807, 2.05) is 24.3 Å². The number of benzene rings is 1. The lowest BCUT2D eigenvalue weighted by Gasteiger charge is -2.28. The molecule has 1 aliphatic rings. The molecule has 1 saturated carbocycles. The van der Waals surface area contributed by atoms with E-state index in [0.29, 0.717) is 0 Å². The summed E-state index contributed by atoms with van der Waals surface area (Å²) in [6.07, 6.45) is 4.17. The van der Waals surface area contributed by atoms with Crippen molar-refractivity contribution in [2.24, 2.45) is 0 Å². The van der Waals surface area contributed by atoms with Gasteiger partial charge in [0, 0.05) is 17.6 Å². The average molecular weight is 240 g/mol. The third-order valence-electron chi connectivity index (χ3n) is 3.19. The summed E-state index contributed by atoms with van der Waals surface area (Å²) >= 11 is 5.92. The Morgan fingerprint density at radius 2 is 2.12 bits per heavy atom. The molecule has 0 amide bonds. The molecule has 16 heavy (non-hydrogen) atoms. The quantitative estimate of drug-likeness (QED) is 0.850. The van der Waals surface area contributed by atoms with Crippen molar-refractivity contribution >= 4 is 11.6 Å². The fourth-order valence-corrected chi connectivity index (χ4v) is 2.46. The fourth-order valence-electron chi connectivity index (χ4n) is 2.25. The van der Waals surface area contributed by atoms with Crippen molar-refractivity contribution < 1.29 is 5.11 Å². The van der Waals surface area contributed by atoms with Gasteiger partial charge in [-0.05, 0) is 30.5 Å². The van der Waals surface area contributed by atoms with Crippen molar-refractivity contribution in [2.45, 2.75) is 44.4 Å². The van der Waals surface area contributed by atoms with Crippen LogP contribution < -0.4 is 5.32 Å². The minimum atomic E-state index is -0.187. The summed E-state index contributed by atoms with van der Waals surface area (Å²) in [5, 5.41) is 14.0. The van der Waals surface area contributed by atoms with Crippen LogP contribution in [-0.2, 0) is 6.54 Å². The van der Waals surface area contributed by atoms with E-state index in [1.54, 1.807) is 0 Å². The molecule has 1 aromatic rings. The summed E-state index contributed by atoms with van der Waals surface area (Å²) in [6.45, 7) is 0.780. The zero-order valence-corrected chi connectivity index (χ0v) is 10.1. The summed E-state index contributed by atoms with van der Waals surface area (Å²) in [5.41, 5.74) is 1.17. The number of nitrogens with one attached hydrogen (secondary N) is 1. The molecule has 2 unspecified atom stereocenters. The monoisotopic (exact) mass is 239 g/mol. The van der Waals surface area contributed by atoms with Gasteiger partial charge in [0.05, 0.1) is 6.10 Å². The van der Waals surface area contributed by atoms with Crippen LogP contribution in [0.25, 0.3) is 0 Å². The summed E-state index contributed by atoms with van der Waals surface area (Å²) in [5.74, 6) is 0. The van der Waals surface area contributed by atoms with Crippen molar-refractivity contribution in [3.63, 3.8) is 0 Å². The van der Waals surface area contributed by atoms with Gasteiger partial charge in [0.25, 0.3) is 0 Å². The highest BCUT2D eigenvalue weighted by Gasteiger charge is 2.21. The summed E-state index contributed by atoms with van der Waals surface area (Å²) in [6, 6.07) is 8.09. The van der Waals surface area contributed by atoms with Gasteiger partial charge in [0.1, 0.15) is 0 Å². The van der Waals surface area contributed by atoms with Crippen LogP contribution in [0.15, 0.2) is 24.3 Å². The Hall–Kier alpha value is -0.570. The van der Waals surface area contributed by atoms with Crippen molar-refractivity contribution in [3.05, 3.63) is 34.9 Å². The Bertz CT molecular complexity index is 342. The van der Waals surface area contributed by atoms with Crippen LogP contribution in [0.5, 0.6) is 0 Å². The maximum atomic E-state index is 9.81. The van der Waals surface area contributed by atoms with E-state index < -0.39 is 0 Å². The number of aliphatic hydroxyl groups excluding tert-OH is 1. The lowest BCUT2D eigenvalue weighted by molar-refractivity contribution is 0.0902. The SMILES string of the molecule is OC1CCCCC1NCc1cccc(Cl)c1. The van der Waals surface area contributed by atoms with Crippen LogP contribution in [0, 0.1) is 0 Å². The maximum absolute atomic E-state index is 9.81. The van der Waals surface area contributed by atoms with Crippen LogP contribution in [0.4, 0.5) is 0 Å². The van der Waals surface area contributed by atoms with E-state index in [2.05, 4.69) is 5.32 Å². The van der Waals surface area contributed by atoms with Gasteiger partial charge in [-0.25, -0.2) is 0 Å². The van der Waals surface area contributed by atoms with Crippen molar-refractivity contribution in [1.29, 1.82) is 0 Å². The summed E-state index contributed by atoms with van der Waals surface area (Å²) in [7, 11) is 0. The molecule has 1 aliphatic carbocycles. The van der Waals surface area contributed by atoms with Crippen LogP contribution in [0.2, 0.25) is 5.02 Å². The summed E-state index contributed by atoms with van der Waals surface area (Å²) < 4.78 is 0. The predicted octanol–water partition coefficient (Wildman–Crippen LogP) is 2.73. The summed E-state index contributed by atoms with van der Waals surface area (Å²) in [4.78, 5) is 0. The Balaban J connectivity index is 1.86. The van der Waals surface area contributed by atoms with E-state index >= 15 is 0 Å². The van der Waals surface area contributed by atoms with Crippen LogP contribution in [-0.4, -0.2) is 17.3 Å². The smallest absolute Gasteiger partial charge is 0.0693 e. The van der Waals surface area contributed by atoms with Crippen LogP contribution >= 0.6 is 11.6 Å². The van der Waals surface area contributed by atoms with Crippen molar-refractivity contribution in [3.8, 4) is 0 Å². The van der Waals surface area contributed by atoms with Crippen LogP contribution in [0.3, 0.4) is 0 Å². The highest BCUT2D eigenvalue weighted by atomic mass is 35.5. The lowest BCUT2D eigenvalue weighted by atomic mass is 9.92. The zero-order valence-electron chi connectivity index (χ0n) is 9.32. The fraction of sp³-hybridized carbons (Fsp3) is 0.538. The molecule has 0 bridgehead atoms. The van der Waals surface area contributed by atoms with E-state index in [0.717, 1.165) is 30.8 Å². The van der Waals surface area contributed by atoms with Gasteiger partial charge in [-0.2, -0.15) is 0 Å². The van der Waals surface area contributed by atoms with Gasteiger partial charge in [0.15, 0.2) is 0 Å². The first-order chi connectivity index (χ1) is 7.75. The molecule has 0 radical (unpaired) electrons. The van der Waals surface area contributed by atoms with Gasteiger partial charge in [-0.1, -0.05) is 36.6 Å². The van der Waals surface area contributed by atoms with Gasteiger partial charge < -0.3 is 10.4 Å². The standard InChI is InChI=1S/C13H18ClNO/c14-11-5-3-4-10(8-11)9-15-12-6-1-2-7-13(12)16/h3-5,8,12-13,15-16H,1-2,6-7,9H2. The predicted molar refractivity (Wildman–Crippen MR) is 66.6 cm³/mol. The first-order valence-electron chi connectivity index (χ1n) is 5.91. The number of hydrogen-bond donors (Lipinski definition) is 2. The van der Waals surface area contributed by atoms with Crippen molar-refractivity contribution in [2.75, 3.05) is 0 Å². The first-order valence-corrected chi connectivity index (χ1v) is 6.29. The molecule has 1 aromatic carbocycles. The molecular weight excluding hydrogens is 222 g/mol. The maximum Gasteiger partial charge on any atom is 0.0693 e. The molecular formula is C13H18ClNO. The van der Waals surface area contributed by atoms with Gasteiger partial charge in [0.2, 0.25) is 0 Å². The normalized spacial score (nSPS) is 25.6. The molecule has 0 saturated heterocycles. The van der Waals surface area contributed by atoms with E-state index in [4.69, 9.17) is 11.6 Å². The van der Waals surface area contributed by atoms with Crippen LogP contribution in [0.1, 0.15) is 31.2 Å². The zero-order chi connectivity index (χ0) is 11.4. The molecule has 1 fully saturated rings. The molecule has 2 rings (SSSR count). The Kier molecular flexibility index (Phi) is 4.22.